The van der Waals surface area contributed by atoms with Crippen molar-refractivity contribution in [3.63, 3.8) is 0 Å². The Balaban J connectivity index is 2.81. The standard InChI is InChI=1S/C20H29FN2O4/c1-4-5-6-7-11-17(20(26)27-3)23-19(25)18(22-14(2)24)13-15-9-8-10-16(21)12-15/h8-10,12,17-18H,4-7,11,13H2,1-3H3,(H,22,24)(H,23,25)/t17-,18+/m0/s1. The van der Waals surface area contributed by atoms with Crippen molar-refractivity contribution >= 4 is 17.8 Å². The lowest BCUT2D eigenvalue weighted by Gasteiger charge is -2.22. The van der Waals surface area contributed by atoms with Gasteiger partial charge in [0.2, 0.25) is 11.8 Å². The van der Waals surface area contributed by atoms with Crippen molar-refractivity contribution in [1.82, 2.24) is 10.6 Å². The number of benzene rings is 1. The molecule has 6 nitrogen and oxygen atoms in total. The first-order valence-corrected chi connectivity index (χ1v) is 9.27. The van der Waals surface area contributed by atoms with E-state index in [0.29, 0.717) is 12.0 Å². The summed E-state index contributed by atoms with van der Waals surface area (Å²) in [4.78, 5) is 36.1. The number of halogens is 1. The highest BCUT2D eigenvalue weighted by Gasteiger charge is 2.26. The van der Waals surface area contributed by atoms with E-state index >= 15 is 0 Å². The van der Waals surface area contributed by atoms with Gasteiger partial charge in [-0.05, 0) is 24.1 Å². The molecule has 150 valence electrons. The molecule has 1 aromatic rings. The van der Waals surface area contributed by atoms with E-state index in [0.717, 1.165) is 25.7 Å². The summed E-state index contributed by atoms with van der Waals surface area (Å²) >= 11 is 0. The molecule has 0 spiro atoms. The van der Waals surface area contributed by atoms with Crippen LogP contribution in [0.4, 0.5) is 4.39 Å². The summed E-state index contributed by atoms with van der Waals surface area (Å²) in [7, 11) is 1.27. The highest BCUT2D eigenvalue weighted by Crippen LogP contribution is 2.10. The number of carbonyl (C=O) groups is 3. The number of unbranched alkanes of at least 4 members (excludes halogenated alkanes) is 3. The van der Waals surface area contributed by atoms with Gasteiger partial charge in [-0.15, -0.1) is 0 Å². The molecule has 2 N–H and O–H groups in total. The van der Waals surface area contributed by atoms with Crippen molar-refractivity contribution in [2.45, 2.75) is 64.5 Å². The number of hydrogen-bond donors (Lipinski definition) is 2. The van der Waals surface area contributed by atoms with Gasteiger partial charge in [-0.25, -0.2) is 9.18 Å². The summed E-state index contributed by atoms with van der Waals surface area (Å²) in [5.41, 5.74) is 0.571. The van der Waals surface area contributed by atoms with Gasteiger partial charge in [0.05, 0.1) is 7.11 Å². The molecule has 1 aromatic carbocycles. The first-order valence-electron chi connectivity index (χ1n) is 9.27. The minimum absolute atomic E-state index is 0.118. The van der Waals surface area contributed by atoms with Gasteiger partial charge in [-0.2, -0.15) is 0 Å². The van der Waals surface area contributed by atoms with Crippen LogP contribution >= 0.6 is 0 Å². The molecule has 0 unspecified atom stereocenters. The summed E-state index contributed by atoms with van der Waals surface area (Å²) in [6.45, 7) is 3.39. The van der Waals surface area contributed by atoms with Crippen molar-refractivity contribution in [3.8, 4) is 0 Å². The molecule has 7 heteroatoms. The number of hydrogen-bond acceptors (Lipinski definition) is 4. The lowest BCUT2D eigenvalue weighted by Crippen LogP contribution is -2.52. The van der Waals surface area contributed by atoms with E-state index < -0.39 is 29.8 Å². The number of amides is 2. The van der Waals surface area contributed by atoms with E-state index in [4.69, 9.17) is 4.74 Å². The molecule has 0 bridgehead atoms. The van der Waals surface area contributed by atoms with Crippen LogP contribution in [0.3, 0.4) is 0 Å². The Labute approximate surface area is 159 Å². The Kier molecular flexibility index (Phi) is 10.1. The molecule has 27 heavy (non-hydrogen) atoms. The molecular formula is C20H29FN2O4. The lowest BCUT2D eigenvalue weighted by atomic mass is 10.0. The van der Waals surface area contributed by atoms with Crippen LogP contribution in [0.1, 0.15) is 51.5 Å². The minimum atomic E-state index is -0.910. The molecule has 0 saturated heterocycles. The summed E-state index contributed by atoms with van der Waals surface area (Å²) in [6.07, 6.45) is 4.43. The Morgan fingerprint density at radius 2 is 1.85 bits per heavy atom. The zero-order valence-electron chi connectivity index (χ0n) is 16.2. The average Bonchev–Trinajstić information content (AvgIpc) is 2.62. The monoisotopic (exact) mass is 380 g/mol. The summed E-state index contributed by atoms with van der Waals surface area (Å²) < 4.78 is 18.2. The number of rotatable bonds is 11. The molecule has 0 heterocycles. The number of ether oxygens (including phenoxy) is 1. The van der Waals surface area contributed by atoms with Crippen molar-refractivity contribution in [2.24, 2.45) is 0 Å². The molecule has 0 radical (unpaired) electrons. The van der Waals surface area contributed by atoms with Gasteiger partial charge >= 0.3 is 5.97 Å². The quantitative estimate of drug-likeness (QED) is 0.456. The number of carbonyl (C=O) groups excluding carboxylic acids is 3. The van der Waals surface area contributed by atoms with Gasteiger partial charge in [0.15, 0.2) is 0 Å². The fraction of sp³-hybridized carbons (Fsp3) is 0.550. The third kappa shape index (κ3) is 8.66. The number of methoxy groups -OCH3 is 1. The van der Waals surface area contributed by atoms with Crippen molar-refractivity contribution in [3.05, 3.63) is 35.6 Å². The van der Waals surface area contributed by atoms with Crippen molar-refractivity contribution < 1.29 is 23.5 Å². The normalized spacial score (nSPS) is 12.7. The van der Waals surface area contributed by atoms with Crippen LogP contribution in [-0.4, -0.2) is 37.0 Å². The molecule has 0 aliphatic rings. The van der Waals surface area contributed by atoms with E-state index in [9.17, 15) is 18.8 Å². The van der Waals surface area contributed by atoms with Crippen LogP contribution in [0, 0.1) is 5.82 Å². The molecule has 0 saturated carbocycles. The van der Waals surface area contributed by atoms with Crippen LogP contribution in [0.25, 0.3) is 0 Å². The predicted octanol–water partition coefficient (Wildman–Crippen LogP) is 2.50. The maximum atomic E-state index is 13.4. The maximum absolute atomic E-state index is 13.4. The average molecular weight is 380 g/mol. The van der Waals surface area contributed by atoms with Crippen LogP contribution in [0.2, 0.25) is 0 Å². The molecule has 0 aromatic heterocycles. The van der Waals surface area contributed by atoms with Crippen LogP contribution in [0.15, 0.2) is 24.3 Å². The highest BCUT2D eigenvalue weighted by molar-refractivity contribution is 5.90. The molecule has 0 aliphatic carbocycles. The zero-order valence-corrected chi connectivity index (χ0v) is 16.2. The maximum Gasteiger partial charge on any atom is 0.328 e. The lowest BCUT2D eigenvalue weighted by molar-refractivity contribution is -0.145. The Morgan fingerprint density at radius 3 is 2.44 bits per heavy atom. The first-order chi connectivity index (χ1) is 12.9. The second-order valence-corrected chi connectivity index (χ2v) is 6.52. The third-order valence-corrected chi connectivity index (χ3v) is 4.17. The first kappa shape index (κ1) is 22.6. The van der Waals surface area contributed by atoms with Gasteiger partial charge in [-0.3, -0.25) is 9.59 Å². The smallest absolute Gasteiger partial charge is 0.328 e. The fourth-order valence-electron chi connectivity index (χ4n) is 2.79. The fourth-order valence-corrected chi connectivity index (χ4v) is 2.79. The molecular weight excluding hydrogens is 351 g/mol. The highest BCUT2D eigenvalue weighted by atomic mass is 19.1. The molecule has 2 atom stereocenters. The van der Waals surface area contributed by atoms with E-state index in [1.54, 1.807) is 12.1 Å². The SMILES string of the molecule is CCCCCC[C@H](NC(=O)[C@@H](Cc1cccc(F)c1)NC(C)=O)C(=O)OC. The van der Waals surface area contributed by atoms with Crippen molar-refractivity contribution in [1.29, 1.82) is 0 Å². The number of nitrogens with one attached hydrogen (secondary N) is 2. The topological polar surface area (TPSA) is 84.5 Å². The molecule has 0 fully saturated rings. The Bertz CT molecular complexity index is 636. The molecule has 1 rings (SSSR count). The van der Waals surface area contributed by atoms with Crippen LogP contribution in [0.5, 0.6) is 0 Å². The van der Waals surface area contributed by atoms with Crippen LogP contribution in [-0.2, 0) is 25.5 Å². The number of esters is 1. The Morgan fingerprint density at radius 1 is 1.11 bits per heavy atom. The molecule has 2 amide bonds. The van der Waals surface area contributed by atoms with E-state index in [-0.39, 0.29) is 12.3 Å². The second kappa shape index (κ2) is 12.0. The van der Waals surface area contributed by atoms with Gasteiger partial charge in [0, 0.05) is 13.3 Å². The largest absolute Gasteiger partial charge is 0.467 e. The van der Waals surface area contributed by atoms with Gasteiger partial charge < -0.3 is 15.4 Å². The van der Waals surface area contributed by atoms with Crippen LogP contribution < -0.4 is 10.6 Å². The Hall–Kier alpha value is -2.44. The van der Waals surface area contributed by atoms with Gasteiger partial charge in [0.1, 0.15) is 17.9 Å². The minimum Gasteiger partial charge on any atom is -0.467 e. The van der Waals surface area contributed by atoms with Gasteiger partial charge in [-0.1, -0.05) is 44.7 Å². The molecule has 0 aliphatic heterocycles. The van der Waals surface area contributed by atoms with E-state index in [1.807, 2.05) is 0 Å². The van der Waals surface area contributed by atoms with E-state index in [2.05, 4.69) is 17.6 Å². The zero-order chi connectivity index (χ0) is 20.2. The summed E-state index contributed by atoms with van der Waals surface area (Å²) in [5, 5.41) is 5.22. The predicted molar refractivity (Wildman–Crippen MR) is 100 cm³/mol. The van der Waals surface area contributed by atoms with E-state index in [1.165, 1.54) is 26.2 Å². The van der Waals surface area contributed by atoms with Gasteiger partial charge in [0.25, 0.3) is 0 Å². The summed E-state index contributed by atoms with van der Waals surface area (Å²) in [5.74, 6) is -1.82. The third-order valence-electron chi connectivity index (χ3n) is 4.17. The second-order valence-electron chi connectivity index (χ2n) is 6.52. The summed E-state index contributed by atoms with van der Waals surface area (Å²) in [6, 6.07) is 4.15. The van der Waals surface area contributed by atoms with Crippen molar-refractivity contribution in [2.75, 3.05) is 7.11 Å².